The van der Waals surface area contributed by atoms with E-state index in [2.05, 4.69) is 15.7 Å². The summed E-state index contributed by atoms with van der Waals surface area (Å²) in [7, 11) is 1.93. The Morgan fingerprint density at radius 2 is 2.22 bits per heavy atom. The van der Waals surface area contributed by atoms with Crippen molar-refractivity contribution in [2.24, 2.45) is 7.05 Å². The number of aromatic nitrogens is 2. The Hall–Kier alpha value is -2.28. The van der Waals surface area contributed by atoms with E-state index >= 15 is 0 Å². The molecule has 7 nitrogen and oxygen atoms in total. The molecule has 0 bridgehead atoms. The first kappa shape index (κ1) is 17.1. The first-order valence-corrected chi connectivity index (χ1v) is 7.71. The minimum Gasteiger partial charge on any atom is -0.467 e. The Labute approximate surface area is 135 Å². The molecule has 0 aliphatic heterocycles. The summed E-state index contributed by atoms with van der Waals surface area (Å²) in [6.07, 6.45) is 2.36. The molecule has 3 N–H and O–H groups in total. The van der Waals surface area contributed by atoms with Gasteiger partial charge in [0.1, 0.15) is 11.9 Å². The van der Waals surface area contributed by atoms with Crippen molar-refractivity contribution in [1.82, 2.24) is 20.4 Å². The van der Waals surface area contributed by atoms with Crippen LogP contribution in [-0.4, -0.2) is 34.0 Å². The molecule has 7 heteroatoms. The molecule has 1 unspecified atom stereocenters. The predicted molar refractivity (Wildman–Crippen MR) is 86.1 cm³/mol. The summed E-state index contributed by atoms with van der Waals surface area (Å²) in [5.41, 5.74) is 3.44. The Balaban J connectivity index is 1.65. The first-order valence-electron chi connectivity index (χ1n) is 7.71. The molecule has 126 valence electrons. The number of aliphatic hydroxyl groups is 1. The number of furan rings is 1. The summed E-state index contributed by atoms with van der Waals surface area (Å²) in [4.78, 5) is 11.7. The van der Waals surface area contributed by atoms with Gasteiger partial charge in [-0.1, -0.05) is 0 Å². The van der Waals surface area contributed by atoms with Crippen LogP contribution in [0.25, 0.3) is 0 Å². The molecule has 1 atom stereocenters. The average Bonchev–Trinajstić information content (AvgIpc) is 3.13. The Bertz CT molecular complexity index is 634. The zero-order valence-electron chi connectivity index (χ0n) is 13.8. The summed E-state index contributed by atoms with van der Waals surface area (Å²) in [6, 6.07) is 3.07. The van der Waals surface area contributed by atoms with Gasteiger partial charge in [-0.05, 0) is 44.4 Å². The summed E-state index contributed by atoms with van der Waals surface area (Å²) in [6.45, 7) is 4.72. The van der Waals surface area contributed by atoms with Crippen molar-refractivity contribution in [3.05, 3.63) is 41.1 Å². The van der Waals surface area contributed by atoms with Crippen molar-refractivity contribution < 1.29 is 14.3 Å². The molecule has 23 heavy (non-hydrogen) atoms. The molecule has 0 saturated carbocycles. The number of aliphatic hydroxyl groups excluding tert-OH is 1. The third-order valence-electron chi connectivity index (χ3n) is 3.88. The van der Waals surface area contributed by atoms with Gasteiger partial charge in [-0.2, -0.15) is 5.10 Å². The minimum atomic E-state index is -0.837. The second-order valence-electron chi connectivity index (χ2n) is 5.54. The van der Waals surface area contributed by atoms with E-state index in [1.807, 2.05) is 25.6 Å². The van der Waals surface area contributed by atoms with E-state index in [4.69, 9.17) is 4.42 Å². The minimum absolute atomic E-state index is 0.111. The Morgan fingerprint density at radius 1 is 1.43 bits per heavy atom. The van der Waals surface area contributed by atoms with Gasteiger partial charge in [0, 0.05) is 19.3 Å². The van der Waals surface area contributed by atoms with Crippen LogP contribution in [0.2, 0.25) is 0 Å². The van der Waals surface area contributed by atoms with E-state index < -0.39 is 6.10 Å². The molecule has 0 saturated heterocycles. The number of nitrogens with one attached hydrogen (secondary N) is 2. The predicted octanol–water partition coefficient (Wildman–Crippen LogP) is 1.60. The van der Waals surface area contributed by atoms with E-state index in [0.29, 0.717) is 12.3 Å². The van der Waals surface area contributed by atoms with Crippen molar-refractivity contribution in [3.63, 3.8) is 0 Å². The largest absolute Gasteiger partial charge is 0.467 e. The fourth-order valence-electron chi connectivity index (χ4n) is 2.48. The summed E-state index contributed by atoms with van der Waals surface area (Å²) >= 11 is 0. The third kappa shape index (κ3) is 4.59. The molecule has 0 fully saturated rings. The molecular formula is C16H24N4O3. The van der Waals surface area contributed by atoms with E-state index in [-0.39, 0.29) is 12.6 Å². The van der Waals surface area contributed by atoms with Gasteiger partial charge in [0.05, 0.1) is 18.5 Å². The van der Waals surface area contributed by atoms with Gasteiger partial charge < -0.3 is 20.2 Å². The first-order chi connectivity index (χ1) is 11.0. The number of carbonyl (C=O) groups excluding carboxylic acids is 1. The highest BCUT2D eigenvalue weighted by Gasteiger charge is 2.12. The molecule has 0 aromatic carbocycles. The van der Waals surface area contributed by atoms with Crippen molar-refractivity contribution in [1.29, 1.82) is 0 Å². The quantitative estimate of drug-likeness (QED) is 0.676. The highest BCUT2D eigenvalue weighted by Crippen LogP contribution is 2.13. The molecule has 0 spiro atoms. The van der Waals surface area contributed by atoms with Crippen molar-refractivity contribution in [2.75, 3.05) is 13.1 Å². The van der Waals surface area contributed by atoms with Crippen molar-refractivity contribution >= 4 is 6.03 Å². The molecule has 0 aliphatic carbocycles. The SMILES string of the molecule is Cc1nn(C)c(C)c1CCCNC(=O)NCC(O)c1ccco1. The normalized spacial score (nSPS) is 12.2. The maximum absolute atomic E-state index is 11.7. The summed E-state index contributed by atoms with van der Waals surface area (Å²) in [5, 5.41) is 19.6. The van der Waals surface area contributed by atoms with Crippen molar-refractivity contribution in [3.8, 4) is 0 Å². The topological polar surface area (TPSA) is 92.3 Å². The Morgan fingerprint density at radius 3 is 2.83 bits per heavy atom. The van der Waals surface area contributed by atoms with Gasteiger partial charge in [0.15, 0.2) is 0 Å². The fraction of sp³-hybridized carbons (Fsp3) is 0.500. The number of hydrogen-bond donors (Lipinski definition) is 3. The maximum Gasteiger partial charge on any atom is 0.314 e. The van der Waals surface area contributed by atoms with Gasteiger partial charge in [-0.25, -0.2) is 4.79 Å². The standard InChI is InChI=1S/C16H24N4O3/c1-11-13(12(2)20(3)19-11)6-4-8-17-16(22)18-10-14(21)15-7-5-9-23-15/h5,7,9,14,21H,4,6,8,10H2,1-3H3,(H2,17,18,22). The molecule has 0 aliphatic rings. The van der Waals surface area contributed by atoms with Crippen LogP contribution < -0.4 is 10.6 Å². The monoisotopic (exact) mass is 320 g/mol. The lowest BCUT2D eigenvalue weighted by Gasteiger charge is -2.10. The second kappa shape index (κ2) is 7.82. The van der Waals surface area contributed by atoms with Gasteiger partial charge in [0.25, 0.3) is 0 Å². The van der Waals surface area contributed by atoms with Crippen LogP contribution in [0.4, 0.5) is 4.79 Å². The number of hydrogen-bond acceptors (Lipinski definition) is 4. The zero-order valence-corrected chi connectivity index (χ0v) is 13.8. The molecular weight excluding hydrogens is 296 g/mol. The lowest BCUT2D eigenvalue weighted by molar-refractivity contribution is 0.148. The van der Waals surface area contributed by atoms with Crippen LogP contribution in [0.1, 0.15) is 35.2 Å². The molecule has 2 amide bonds. The molecule has 0 radical (unpaired) electrons. The number of urea groups is 1. The number of carbonyl (C=O) groups is 1. The molecule has 2 aromatic heterocycles. The van der Waals surface area contributed by atoms with Crippen LogP contribution in [0.15, 0.2) is 22.8 Å². The third-order valence-corrected chi connectivity index (χ3v) is 3.88. The fourth-order valence-corrected chi connectivity index (χ4v) is 2.48. The molecule has 2 aromatic rings. The van der Waals surface area contributed by atoms with E-state index in [1.54, 1.807) is 12.1 Å². The van der Waals surface area contributed by atoms with Gasteiger partial charge in [0.2, 0.25) is 0 Å². The highest BCUT2D eigenvalue weighted by atomic mass is 16.4. The summed E-state index contributed by atoms with van der Waals surface area (Å²) in [5.74, 6) is 0.438. The lowest BCUT2D eigenvalue weighted by Crippen LogP contribution is -2.38. The average molecular weight is 320 g/mol. The number of nitrogens with zero attached hydrogens (tertiary/aromatic N) is 2. The van der Waals surface area contributed by atoms with Crippen molar-refractivity contribution in [2.45, 2.75) is 32.8 Å². The molecule has 2 rings (SSSR count). The van der Waals surface area contributed by atoms with E-state index in [1.165, 1.54) is 11.8 Å². The van der Waals surface area contributed by atoms with Gasteiger partial charge in [-0.3, -0.25) is 4.68 Å². The van der Waals surface area contributed by atoms with Gasteiger partial charge in [-0.15, -0.1) is 0 Å². The number of aryl methyl sites for hydroxylation is 2. The van der Waals surface area contributed by atoms with Crippen LogP contribution in [0.5, 0.6) is 0 Å². The number of amides is 2. The van der Waals surface area contributed by atoms with Crippen LogP contribution in [0, 0.1) is 13.8 Å². The zero-order chi connectivity index (χ0) is 16.8. The lowest BCUT2D eigenvalue weighted by atomic mass is 10.1. The second-order valence-corrected chi connectivity index (χ2v) is 5.54. The summed E-state index contributed by atoms with van der Waals surface area (Å²) < 4.78 is 6.95. The maximum atomic E-state index is 11.7. The molecule has 2 heterocycles. The Kier molecular flexibility index (Phi) is 5.81. The van der Waals surface area contributed by atoms with E-state index in [9.17, 15) is 9.90 Å². The van der Waals surface area contributed by atoms with Crippen LogP contribution in [0.3, 0.4) is 0 Å². The highest BCUT2D eigenvalue weighted by molar-refractivity contribution is 5.73. The van der Waals surface area contributed by atoms with Crippen LogP contribution in [-0.2, 0) is 13.5 Å². The van der Waals surface area contributed by atoms with Gasteiger partial charge >= 0.3 is 6.03 Å². The number of rotatable bonds is 7. The van der Waals surface area contributed by atoms with E-state index in [0.717, 1.165) is 24.2 Å². The smallest absolute Gasteiger partial charge is 0.314 e. The van der Waals surface area contributed by atoms with Crippen LogP contribution >= 0.6 is 0 Å².